The molecule has 2 aromatic rings. The van der Waals surface area contributed by atoms with Gasteiger partial charge in [-0.1, -0.05) is 24.3 Å². The molecule has 1 amide bonds. The van der Waals surface area contributed by atoms with E-state index in [1.807, 2.05) is 13.0 Å². The van der Waals surface area contributed by atoms with Crippen molar-refractivity contribution in [1.29, 1.82) is 0 Å². The number of likely N-dealkylation sites (tertiary alicyclic amines) is 1. The van der Waals surface area contributed by atoms with Gasteiger partial charge in [0.25, 0.3) is 0 Å². The number of hydrogen-bond acceptors (Lipinski definition) is 5. The second-order valence-electron chi connectivity index (χ2n) is 7.58. The largest absolute Gasteiger partial charge is 0.439 e. The lowest BCUT2D eigenvalue weighted by Gasteiger charge is -2.23. The van der Waals surface area contributed by atoms with Crippen molar-refractivity contribution in [2.45, 2.75) is 25.8 Å². The average molecular weight is 378 g/mol. The van der Waals surface area contributed by atoms with E-state index in [2.05, 4.69) is 39.5 Å². The van der Waals surface area contributed by atoms with Crippen LogP contribution in [0.15, 0.2) is 48.7 Å². The number of nitrogens with zero attached hydrogens (tertiary/aromatic N) is 2. The molecule has 2 aliphatic rings. The van der Waals surface area contributed by atoms with Gasteiger partial charge in [-0.2, -0.15) is 0 Å². The van der Waals surface area contributed by atoms with Crippen molar-refractivity contribution in [1.82, 2.24) is 15.2 Å². The van der Waals surface area contributed by atoms with Crippen molar-refractivity contribution >= 4 is 5.91 Å². The highest BCUT2D eigenvalue weighted by atomic mass is 16.5. The minimum absolute atomic E-state index is 0.365. The SMILES string of the molecule is Cc1cc(CCNCN2CC3C=CC2C3)ccc1Oc1ccc(C(N)=O)cn1. The molecule has 2 unspecified atom stereocenters. The number of carbonyl (C=O) groups is 1. The molecule has 1 aliphatic carbocycles. The number of rotatable bonds is 8. The van der Waals surface area contributed by atoms with Crippen molar-refractivity contribution in [2.75, 3.05) is 19.8 Å². The molecule has 2 atom stereocenters. The van der Waals surface area contributed by atoms with Crippen molar-refractivity contribution in [2.24, 2.45) is 11.7 Å². The van der Waals surface area contributed by atoms with Crippen LogP contribution in [0, 0.1) is 12.8 Å². The van der Waals surface area contributed by atoms with Gasteiger partial charge in [-0.05, 0) is 48.9 Å². The van der Waals surface area contributed by atoms with Crippen molar-refractivity contribution in [3.05, 3.63) is 65.4 Å². The fourth-order valence-corrected chi connectivity index (χ4v) is 3.91. The van der Waals surface area contributed by atoms with Crippen LogP contribution in [0.1, 0.15) is 27.9 Å². The van der Waals surface area contributed by atoms with Gasteiger partial charge < -0.3 is 15.8 Å². The molecule has 6 heteroatoms. The smallest absolute Gasteiger partial charge is 0.250 e. The number of fused-ring (bicyclic) bond motifs is 2. The van der Waals surface area contributed by atoms with Gasteiger partial charge in [-0.3, -0.25) is 9.69 Å². The predicted molar refractivity (Wildman–Crippen MR) is 108 cm³/mol. The third kappa shape index (κ3) is 4.24. The second kappa shape index (κ2) is 8.12. The van der Waals surface area contributed by atoms with E-state index in [4.69, 9.17) is 10.5 Å². The average Bonchev–Trinajstić information content (AvgIpc) is 3.31. The van der Waals surface area contributed by atoms with Crippen LogP contribution in [-0.2, 0) is 6.42 Å². The number of benzene rings is 1. The minimum Gasteiger partial charge on any atom is -0.439 e. The Morgan fingerprint density at radius 2 is 2.21 bits per heavy atom. The first kappa shape index (κ1) is 18.7. The zero-order valence-electron chi connectivity index (χ0n) is 16.1. The standard InChI is InChI=1S/C22H26N4O2/c1-15-10-16(8-9-24-14-26-13-17-2-5-19(26)11-17)3-6-20(15)28-21-7-4-18(12-25-21)22(23)27/h2-7,10,12,17,19,24H,8-9,11,13-14H2,1H3,(H2,23,27). The lowest BCUT2D eigenvalue weighted by atomic mass is 10.1. The first-order chi connectivity index (χ1) is 13.6. The van der Waals surface area contributed by atoms with E-state index < -0.39 is 5.91 Å². The van der Waals surface area contributed by atoms with E-state index in [0.717, 1.165) is 36.9 Å². The summed E-state index contributed by atoms with van der Waals surface area (Å²) < 4.78 is 5.83. The van der Waals surface area contributed by atoms with Crippen LogP contribution in [0.5, 0.6) is 11.6 Å². The zero-order chi connectivity index (χ0) is 19.5. The van der Waals surface area contributed by atoms with Gasteiger partial charge in [-0.25, -0.2) is 4.98 Å². The van der Waals surface area contributed by atoms with E-state index in [-0.39, 0.29) is 0 Å². The van der Waals surface area contributed by atoms with Crippen LogP contribution >= 0.6 is 0 Å². The Kier molecular flexibility index (Phi) is 5.41. The molecular formula is C22H26N4O2. The van der Waals surface area contributed by atoms with Gasteiger partial charge in [0.1, 0.15) is 5.75 Å². The first-order valence-corrected chi connectivity index (χ1v) is 9.75. The number of primary amides is 1. The third-order valence-corrected chi connectivity index (χ3v) is 5.47. The lowest BCUT2D eigenvalue weighted by Crippen LogP contribution is -2.38. The number of amides is 1. The van der Waals surface area contributed by atoms with Gasteiger partial charge in [0.2, 0.25) is 11.8 Å². The summed E-state index contributed by atoms with van der Waals surface area (Å²) in [4.78, 5) is 17.8. The highest BCUT2D eigenvalue weighted by molar-refractivity contribution is 5.92. The number of ether oxygens (including phenoxy) is 1. The van der Waals surface area contributed by atoms with E-state index in [1.165, 1.54) is 24.7 Å². The summed E-state index contributed by atoms with van der Waals surface area (Å²) in [6.45, 7) is 5.12. The molecule has 0 radical (unpaired) electrons. The van der Waals surface area contributed by atoms with Crippen molar-refractivity contribution in [3.63, 3.8) is 0 Å². The van der Waals surface area contributed by atoms with Crippen LogP contribution in [-0.4, -0.2) is 41.6 Å². The van der Waals surface area contributed by atoms with Crippen LogP contribution in [0.4, 0.5) is 0 Å². The molecule has 4 rings (SSSR count). The Morgan fingerprint density at radius 3 is 2.86 bits per heavy atom. The summed E-state index contributed by atoms with van der Waals surface area (Å²) in [6, 6.07) is 10.1. The van der Waals surface area contributed by atoms with Crippen LogP contribution in [0.2, 0.25) is 0 Å². The molecule has 146 valence electrons. The number of nitrogens with two attached hydrogens (primary N) is 1. The molecule has 2 heterocycles. The number of pyridine rings is 1. The number of hydrogen-bond donors (Lipinski definition) is 2. The monoisotopic (exact) mass is 378 g/mol. The Balaban J connectivity index is 1.26. The molecule has 1 saturated heterocycles. The van der Waals surface area contributed by atoms with Crippen molar-refractivity contribution < 1.29 is 9.53 Å². The molecule has 2 bridgehead atoms. The molecule has 1 aliphatic heterocycles. The number of nitrogens with one attached hydrogen (secondary N) is 1. The first-order valence-electron chi connectivity index (χ1n) is 9.75. The number of aromatic nitrogens is 1. The van der Waals surface area contributed by atoms with Crippen LogP contribution in [0.3, 0.4) is 0 Å². The van der Waals surface area contributed by atoms with E-state index in [0.29, 0.717) is 17.5 Å². The fourth-order valence-electron chi connectivity index (χ4n) is 3.91. The Bertz CT molecular complexity index is 879. The topological polar surface area (TPSA) is 80.5 Å². The van der Waals surface area contributed by atoms with Gasteiger partial charge >= 0.3 is 0 Å². The molecule has 1 aromatic carbocycles. The summed E-state index contributed by atoms with van der Waals surface area (Å²) in [5, 5.41) is 3.56. The predicted octanol–water partition coefficient (Wildman–Crippen LogP) is 2.63. The number of carbonyl (C=O) groups excluding carboxylic acids is 1. The lowest BCUT2D eigenvalue weighted by molar-refractivity contribution is 0.1000. The maximum absolute atomic E-state index is 11.1. The van der Waals surface area contributed by atoms with Gasteiger partial charge in [0.15, 0.2) is 0 Å². The van der Waals surface area contributed by atoms with Crippen LogP contribution in [0.25, 0.3) is 0 Å². The van der Waals surface area contributed by atoms with Crippen LogP contribution < -0.4 is 15.8 Å². The molecule has 28 heavy (non-hydrogen) atoms. The maximum Gasteiger partial charge on any atom is 0.250 e. The summed E-state index contributed by atoms with van der Waals surface area (Å²) in [6.07, 6.45) is 8.39. The Morgan fingerprint density at radius 1 is 1.32 bits per heavy atom. The Hall–Kier alpha value is -2.70. The molecule has 0 saturated carbocycles. The minimum atomic E-state index is -0.498. The van der Waals surface area contributed by atoms with Gasteiger partial charge in [0.05, 0.1) is 5.56 Å². The van der Waals surface area contributed by atoms with Gasteiger partial charge in [0, 0.05) is 38.1 Å². The molecule has 0 spiro atoms. The normalized spacial score (nSPS) is 20.6. The van der Waals surface area contributed by atoms with Gasteiger partial charge in [-0.15, -0.1) is 0 Å². The summed E-state index contributed by atoms with van der Waals surface area (Å²) >= 11 is 0. The van der Waals surface area contributed by atoms with E-state index >= 15 is 0 Å². The summed E-state index contributed by atoms with van der Waals surface area (Å²) in [5.74, 6) is 1.47. The maximum atomic E-state index is 11.1. The molecule has 6 nitrogen and oxygen atoms in total. The van der Waals surface area contributed by atoms with E-state index in [1.54, 1.807) is 12.1 Å². The Labute approximate surface area is 165 Å². The third-order valence-electron chi connectivity index (χ3n) is 5.47. The number of aryl methyl sites for hydroxylation is 1. The van der Waals surface area contributed by atoms with E-state index in [9.17, 15) is 4.79 Å². The zero-order valence-corrected chi connectivity index (χ0v) is 16.1. The summed E-state index contributed by atoms with van der Waals surface area (Å²) in [7, 11) is 0. The quantitative estimate of drug-likeness (QED) is 0.545. The second-order valence-corrected chi connectivity index (χ2v) is 7.58. The summed E-state index contributed by atoms with van der Waals surface area (Å²) in [5.41, 5.74) is 7.92. The highest BCUT2D eigenvalue weighted by Crippen LogP contribution is 2.30. The van der Waals surface area contributed by atoms with Crippen molar-refractivity contribution in [3.8, 4) is 11.6 Å². The highest BCUT2D eigenvalue weighted by Gasteiger charge is 2.32. The molecular weight excluding hydrogens is 352 g/mol. The molecule has 1 fully saturated rings. The molecule has 3 N–H and O–H groups in total. The fraction of sp³-hybridized carbons (Fsp3) is 0.364. The molecule has 1 aromatic heterocycles.